The van der Waals surface area contributed by atoms with E-state index in [9.17, 15) is 0 Å². The monoisotopic (exact) mass is 343 g/mol. The van der Waals surface area contributed by atoms with Gasteiger partial charge in [0, 0.05) is 52.3 Å². The zero-order valence-corrected chi connectivity index (χ0v) is 15.4. The van der Waals surface area contributed by atoms with Gasteiger partial charge in [0.2, 0.25) is 0 Å². The Labute approximate surface area is 146 Å². The van der Waals surface area contributed by atoms with Crippen LogP contribution in [0.1, 0.15) is 16.7 Å². The van der Waals surface area contributed by atoms with Gasteiger partial charge in [-0.1, -0.05) is 11.8 Å². The molecule has 1 aromatic heterocycles. The van der Waals surface area contributed by atoms with E-state index in [2.05, 4.69) is 53.6 Å². The minimum Gasteiger partial charge on any atom is -0.353 e. The van der Waals surface area contributed by atoms with Crippen molar-refractivity contribution >= 4 is 34.6 Å². The summed E-state index contributed by atoms with van der Waals surface area (Å²) < 4.78 is 0. The maximum atomic E-state index is 5.11. The Morgan fingerprint density at radius 3 is 2.48 bits per heavy atom. The highest BCUT2D eigenvalue weighted by atomic mass is 32.2. The summed E-state index contributed by atoms with van der Waals surface area (Å²) in [5.41, 5.74) is 5.07. The van der Waals surface area contributed by atoms with Crippen molar-refractivity contribution in [2.45, 2.75) is 23.6 Å². The van der Waals surface area contributed by atoms with Gasteiger partial charge in [-0.15, -0.1) is 0 Å². The van der Waals surface area contributed by atoms with Crippen molar-refractivity contribution in [1.82, 2.24) is 9.80 Å². The maximum Gasteiger partial charge on any atom is 0.138 e. The normalized spacial score (nSPS) is 18.2. The van der Waals surface area contributed by atoms with E-state index in [4.69, 9.17) is 4.99 Å². The van der Waals surface area contributed by atoms with Crippen LogP contribution in [0, 0.1) is 13.8 Å². The van der Waals surface area contributed by atoms with Gasteiger partial charge < -0.3 is 9.80 Å². The number of amidine groups is 1. The molecule has 3 heterocycles. The Morgan fingerprint density at radius 1 is 0.957 bits per heavy atom. The molecule has 0 saturated carbocycles. The highest BCUT2D eigenvalue weighted by molar-refractivity contribution is 7.99. The van der Waals surface area contributed by atoms with E-state index in [0.717, 1.165) is 37.7 Å². The summed E-state index contributed by atoms with van der Waals surface area (Å²) in [5.74, 6) is 1.16. The highest BCUT2D eigenvalue weighted by Crippen LogP contribution is 2.43. The van der Waals surface area contributed by atoms with Crippen molar-refractivity contribution in [2.24, 2.45) is 4.99 Å². The van der Waals surface area contributed by atoms with Crippen LogP contribution in [0.3, 0.4) is 0 Å². The van der Waals surface area contributed by atoms with Crippen LogP contribution in [-0.2, 0) is 0 Å². The average Bonchev–Trinajstić information content (AvgIpc) is 2.93. The van der Waals surface area contributed by atoms with E-state index >= 15 is 0 Å². The van der Waals surface area contributed by atoms with Crippen LogP contribution in [0.25, 0.3) is 0 Å². The number of piperazine rings is 1. The van der Waals surface area contributed by atoms with Crippen LogP contribution in [-0.4, -0.2) is 48.9 Å². The Bertz CT molecular complexity index is 771. The fourth-order valence-electron chi connectivity index (χ4n) is 3.02. The lowest BCUT2D eigenvalue weighted by atomic mass is 10.1. The summed E-state index contributed by atoms with van der Waals surface area (Å²) in [5, 5.41) is 4.51. The second-order valence-corrected chi connectivity index (χ2v) is 8.21. The van der Waals surface area contributed by atoms with Crippen molar-refractivity contribution in [2.75, 3.05) is 33.2 Å². The summed E-state index contributed by atoms with van der Waals surface area (Å²) in [6.07, 6.45) is 0. The molecule has 0 amide bonds. The van der Waals surface area contributed by atoms with Gasteiger partial charge in [0.25, 0.3) is 0 Å². The molecular formula is C18H21N3S2. The Kier molecular flexibility index (Phi) is 3.95. The van der Waals surface area contributed by atoms with Crippen LogP contribution in [0.15, 0.2) is 37.7 Å². The lowest BCUT2D eigenvalue weighted by Gasteiger charge is -2.34. The zero-order valence-electron chi connectivity index (χ0n) is 13.8. The van der Waals surface area contributed by atoms with Crippen LogP contribution in [0.5, 0.6) is 0 Å². The number of thiophene rings is 1. The van der Waals surface area contributed by atoms with Gasteiger partial charge in [0.1, 0.15) is 5.84 Å². The van der Waals surface area contributed by atoms with Crippen molar-refractivity contribution in [1.29, 1.82) is 0 Å². The predicted octanol–water partition coefficient (Wildman–Crippen LogP) is 4.16. The lowest BCUT2D eigenvalue weighted by Crippen LogP contribution is -2.47. The van der Waals surface area contributed by atoms with E-state index in [1.165, 1.54) is 26.5 Å². The minimum absolute atomic E-state index is 1.05. The number of benzene rings is 1. The maximum absolute atomic E-state index is 5.11. The van der Waals surface area contributed by atoms with E-state index in [1.807, 2.05) is 11.8 Å². The molecule has 120 valence electrons. The molecule has 2 aliphatic rings. The molecule has 0 spiro atoms. The molecule has 1 aromatic carbocycles. The molecule has 0 aliphatic carbocycles. The van der Waals surface area contributed by atoms with Gasteiger partial charge in [0.15, 0.2) is 0 Å². The number of hydrogen-bond donors (Lipinski definition) is 0. The van der Waals surface area contributed by atoms with Crippen molar-refractivity contribution in [3.63, 3.8) is 0 Å². The third-order valence-electron chi connectivity index (χ3n) is 4.69. The SMILES string of the molecule is Cc1cc2c(cc1C)Sc1cscc1C(N1CCN(C)CC1)=N2. The van der Waals surface area contributed by atoms with Gasteiger partial charge in [-0.05, 0) is 44.2 Å². The van der Waals surface area contributed by atoms with Crippen molar-refractivity contribution in [3.05, 3.63) is 39.6 Å². The first-order valence-electron chi connectivity index (χ1n) is 7.99. The number of aliphatic imine (C=N–C) groups is 1. The van der Waals surface area contributed by atoms with E-state index < -0.39 is 0 Å². The topological polar surface area (TPSA) is 18.8 Å². The first-order valence-corrected chi connectivity index (χ1v) is 9.75. The van der Waals surface area contributed by atoms with Crippen molar-refractivity contribution < 1.29 is 0 Å². The number of aryl methyl sites for hydroxylation is 2. The summed E-state index contributed by atoms with van der Waals surface area (Å²) in [6, 6.07) is 4.52. The quantitative estimate of drug-likeness (QED) is 0.716. The highest BCUT2D eigenvalue weighted by Gasteiger charge is 2.25. The molecule has 0 bridgehead atoms. The molecule has 0 N–H and O–H groups in total. The van der Waals surface area contributed by atoms with Crippen LogP contribution in [0.4, 0.5) is 5.69 Å². The second-order valence-electron chi connectivity index (χ2n) is 6.38. The van der Waals surface area contributed by atoms with Crippen LogP contribution in [0.2, 0.25) is 0 Å². The third-order valence-corrected chi connectivity index (χ3v) is 6.69. The van der Waals surface area contributed by atoms with E-state index in [1.54, 1.807) is 11.3 Å². The van der Waals surface area contributed by atoms with Gasteiger partial charge in [0.05, 0.1) is 5.69 Å². The zero-order chi connectivity index (χ0) is 16.0. The first-order chi connectivity index (χ1) is 11.1. The first kappa shape index (κ1) is 15.2. The molecule has 1 fully saturated rings. The molecule has 0 atom stereocenters. The minimum atomic E-state index is 1.05. The largest absolute Gasteiger partial charge is 0.353 e. The summed E-state index contributed by atoms with van der Waals surface area (Å²) in [6.45, 7) is 8.66. The molecule has 4 rings (SSSR count). The molecule has 2 aliphatic heterocycles. The fraction of sp³-hybridized carbons (Fsp3) is 0.389. The van der Waals surface area contributed by atoms with E-state index in [0.29, 0.717) is 0 Å². The Balaban J connectivity index is 1.82. The van der Waals surface area contributed by atoms with Crippen LogP contribution >= 0.6 is 23.1 Å². The summed E-state index contributed by atoms with van der Waals surface area (Å²) in [4.78, 5) is 12.6. The number of hydrogen-bond acceptors (Lipinski definition) is 5. The molecule has 5 heteroatoms. The Hall–Kier alpha value is -1.30. The second kappa shape index (κ2) is 5.96. The summed E-state index contributed by atoms with van der Waals surface area (Å²) in [7, 11) is 2.19. The number of fused-ring (bicyclic) bond motifs is 2. The standard InChI is InChI=1S/C18H21N3S2/c1-12-8-15-16(9-13(12)2)23-17-11-22-10-14(17)18(19-15)21-6-4-20(3)5-7-21/h8-11H,4-7H2,1-3H3. The lowest BCUT2D eigenvalue weighted by molar-refractivity contribution is 0.215. The number of nitrogens with zero attached hydrogens (tertiary/aromatic N) is 3. The van der Waals surface area contributed by atoms with Gasteiger partial charge in [-0.25, -0.2) is 4.99 Å². The molecule has 0 unspecified atom stereocenters. The third kappa shape index (κ3) is 2.82. The van der Waals surface area contributed by atoms with Gasteiger partial charge >= 0.3 is 0 Å². The van der Waals surface area contributed by atoms with Crippen molar-refractivity contribution in [3.8, 4) is 0 Å². The smallest absolute Gasteiger partial charge is 0.138 e. The molecule has 3 nitrogen and oxygen atoms in total. The Morgan fingerprint density at radius 2 is 1.70 bits per heavy atom. The predicted molar refractivity (Wildman–Crippen MR) is 99.6 cm³/mol. The number of likely N-dealkylation sites (N-methyl/N-ethyl adjacent to an activating group) is 1. The average molecular weight is 344 g/mol. The van der Waals surface area contributed by atoms with E-state index in [-0.39, 0.29) is 0 Å². The molecule has 0 radical (unpaired) electrons. The molecule has 23 heavy (non-hydrogen) atoms. The fourth-order valence-corrected chi connectivity index (χ4v) is 5.09. The molecular weight excluding hydrogens is 322 g/mol. The van der Waals surface area contributed by atoms with Gasteiger partial charge in [-0.2, -0.15) is 11.3 Å². The molecule has 2 aromatic rings. The molecule has 1 saturated heterocycles. The summed E-state index contributed by atoms with van der Waals surface area (Å²) >= 11 is 3.64. The van der Waals surface area contributed by atoms with Gasteiger partial charge in [-0.3, -0.25) is 0 Å². The number of rotatable bonds is 0. The van der Waals surface area contributed by atoms with Crippen LogP contribution < -0.4 is 0 Å².